The molecule has 0 spiro atoms. The van der Waals surface area contributed by atoms with E-state index >= 15 is 0 Å². The van der Waals surface area contributed by atoms with Crippen molar-refractivity contribution in [3.63, 3.8) is 0 Å². The molecule has 31 heavy (non-hydrogen) atoms. The second-order valence-electron chi connectivity index (χ2n) is 7.67. The highest BCUT2D eigenvalue weighted by atomic mass is 127. The lowest BCUT2D eigenvalue weighted by Crippen LogP contribution is -2.38. The normalized spacial score (nSPS) is 12.2. The van der Waals surface area contributed by atoms with Crippen LogP contribution in [-0.2, 0) is 13.0 Å². The lowest BCUT2D eigenvalue weighted by atomic mass is 10.0. The van der Waals surface area contributed by atoms with Crippen LogP contribution < -0.4 is 10.6 Å². The van der Waals surface area contributed by atoms with Crippen molar-refractivity contribution >= 4 is 29.9 Å². The Bertz CT molecular complexity index is 919. The van der Waals surface area contributed by atoms with Gasteiger partial charge in [0.1, 0.15) is 5.82 Å². The molecule has 0 aliphatic carbocycles. The first-order valence-corrected chi connectivity index (χ1v) is 10.8. The molecule has 0 amide bonds. The van der Waals surface area contributed by atoms with Gasteiger partial charge in [-0.25, -0.2) is 4.98 Å². The quantitative estimate of drug-likeness (QED) is 0.238. The third-order valence-corrected chi connectivity index (χ3v) is 5.15. The minimum absolute atomic E-state index is 0. The zero-order chi connectivity index (χ0) is 21.2. The lowest BCUT2D eigenvalue weighted by Gasteiger charge is -2.14. The predicted octanol–water partition coefficient (Wildman–Crippen LogP) is 4.76. The Morgan fingerprint density at radius 1 is 1.06 bits per heavy atom. The molecule has 2 aromatic carbocycles. The van der Waals surface area contributed by atoms with Crippen molar-refractivity contribution in [3.8, 4) is 0 Å². The van der Waals surface area contributed by atoms with Crippen molar-refractivity contribution in [1.82, 2.24) is 20.2 Å². The van der Waals surface area contributed by atoms with Gasteiger partial charge in [0.2, 0.25) is 0 Å². The number of hydrogen-bond acceptors (Lipinski definition) is 2. The van der Waals surface area contributed by atoms with Gasteiger partial charge in [-0.05, 0) is 25.0 Å². The largest absolute Gasteiger partial charge is 0.357 e. The van der Waals surface area contributed by atoms with Gasteiger partial charge in [0, 0.05) is 50.9 Å². The van der Waals surface area contributed by atoms with Crippen molar-refractivity contribution in [2.45, 2.75) is 39.7 Å². The number of nitrogens with zero attached hydrogens (tertiary/aromatic N) is 3. The molecule has 5 nitrogen and oxygen atoms in total. The highest BCUT2D eigenvalue weighted by molar-refractivity contribution is 14.0. The molecule has 3 aromatic rings. The van der Waals surface area contributed by atoms with Crippen molar-refractivity contribution < 1.29 is 0 Å². The summed E-state index contributed by atoms with van der Waals surface area (Å²) in [6, 6.07) is 19.2. The van der Waals surface area contributed by atoms with Gasteiger partial charge in [-0.2, -0.15) is 0 Å². The zero-order valence-electron chi connectivity index (χ0n) is 18.7. The molecule has 0 aliphatic heterocycles. The van der Waals surface area contributed by atoms with Crippen LogP contribution in [0.2, 0.25) is 0 Å². The Kier molecular flexibility index (Phi) is 10.6. The summed E-state index contributed by atoms with van der Waals surface area (Å²) in [6.07, 6.45) is 4.77. The van der Waals surface area contributed by atoms with Gasteiger partial charge in [0.05, 0.1) is 0 Å². The van der Waals surface area contributed by atoms with Gasteiger partial charge in [-0.1, -0.05) is 67.1 Å². The summed E-state index contributed by atoms with van der Waals surface area (Å²) in [5.41, 5.74) is 3.89. The summed E-state index contributed by atoms with van der Waals surface area (Å²) < 4.78 is 2.21. The molecule has 1 unspecified atom stereocenters. The van der Waals surface area contributed by atoms with Gasteiger partial charge in [-0.3, -0.25) is 4.99 Å². The standard InChI is InChI=1S/C25H33N5.HI/c1-4-26-25(29-18-21(3)23-12-10-20(2)11-13-23)28-15-14-24-27-16-17-30(24)19-22-8-6-5-7-9-22;/h5-13,16-17,21H,4,14-15,18-19H2,1-3H3,(H2,26,28,29);1H. The summed E-state index contributed by atoms with van der Waals surface area (Å²) in [6.45, 7) is 9.65. The number of aryl methyl sites for hydroxylation is 1. The van der Waals surface area contributed by atoms with Crippen LogP contribution in [0.1, 0.15) is 42.3 Å². The molecule has 1 aromatic heterocycles. The number of halogens is 1. The second kappa shape index (κ2) is 13.1. The van der Waals surface area contributed by atoms with Crippen LogP contribution in [0.25, 0.3) is 0 Å². The molecule has 0 fully saturated rings. The molecule has 0 saturated carbocycles. The van der Waals surface area contributed by atoms with E-state index in [1.165, 1.54) is 16.7 Å². The Balaban J connectivity index is 0.00000341. The van der Waals surface area contributed by atoms with E-state index in [0.717, 1.165) is 44.4 Å². The molecule has 0 bridgehead atoms. The highest BCUT2D eigenvalue weighted by Gasteiger charge is 2.07. The van der Waals surface area contributed by atoms with E-state index in [4.69, 9.17) is 4.99 Å². The molecule has 3 rings (SSSR count). The van der Waals surface area contributed by atoms with E-state index in [0.29, 0.717) is 5.92 Å². The first kappa shape index (κ1) is 24.9. The predicted molar refractivity (Wildman–Crippen MR) is 140 cm³/mol. The number of nitrogens with one attached hydrogen (secondary N) is 2. The molecule has 6 heteroatoms. The smallest absolute Gasteiger partial charge is 0.191 e. The van der Waals surface area contributed by atoms with Gasteiger partial charge < -0.3 is 15.2 Å². The van der Waals surface area contributed by atoms with Gasteiger partial charge in [-0.15, -0.1) is 24.0 Å². The van der Waals surface area contributed by atoms with Crippen LogP contribution in [0.5, 0.6) is 0 Å². The number of hydrogen-bond donors (Lipinski definition) is 2. The molecule has 1 heterocycles. The summed E-state index contributed by atoms with van der Waals surface area (Å²) >= 11 is 0. The molecule has 1 atom stereocenters. The maximum Gasteiger partial charge on any atom is 0.191 e. The topological polar surface area (TPSA) is 54.2 Å². The van der Waals surface area contributed by atoms with Crippen LogP contribution in [0, 0.1) is 6.92 Å². The van der Waals surface area contributed by atoms with E-state index < -0.39 is 0 Å². The minimum Gasteiger partial charge on any atom is -0.357 e. The lowest BCUT2D eigenvalue weighted by molar-refractivity contribution is 0.691. The highest BCUT2D eigenvalue weighted by Crippen LogP contribution is 2.16. The van der Waals surface area contributed by atoms with E-state index in [1.54, 1.807) is 0 Å². The Labute approximate surface area is 203 Å². The zero-order valence-corrected chi connectivity index (χ0v) is 21.0. The van der Waals surface area contributed by atoms with Crippen LogP contribution in [0.15, 0.2) is 72.0 Å². The first-order chi connectivity index (χ1) is 14.7. The Morgan fingerprint density at radius 3 is 2.52 bits per heavy atom. The summed E-state index contributed by atoms with van der Waals surface area (Å²) in [7, 11) is 0. The Hall–Kier alpha value is -2.35. The molecule has 2 N–H and O–H groups in total. The monoisotopic (exact) mass is 531 g/mol. The number of aromatic nitrogens is 2. The molecule has 166 valence electrons. The average molecular weight is 531 g/mol. The molecule has 0 radical (unpaired) electrons. The number of imidazole rings is 1. The van der Waals surface area contributed by atoms with Crippen molar-refractivity contribution in [1.29, 1.82) is 0 Å². The maximum absolute atomic E-state index is 4.79. The van der Waals surface area contributed by atoms with Crippen LogP contribution in [-0.4, -0.2) is 35.1 Å². The second-order valence-corrected chi connectivity index (χ2v) is 7.67. The molecular formula is C25H34IN5. The molecule has 0 aliphatic rings. The molecule has 0 saturated heterocycles. The number of benzene rings is 2. The fourth-order valence-electron chi connectivity index (χ4n) is 3.36. The average Bonchev–Trinajstić information content (AvgIpc) is 3.20. The first-order valence-electron chi connectivity index (χ1n) is 10.8. The van der Waals surface area contributed by atoms with E-state index in [2.05, 4.69) is 89.5 Å². The van der Waals surface area contributed by atoms with E-state index in [-0.39, 0.29) is 24.0 Å². The summed E-state index contributed by atoms with van der Waals surface area (Å²) in [5, 5.41) is 6.80. The Morgan fingerprint density at radius 2 is 1.81 bits per heavy atom. The van der Waals surface area contributed by atoms with Crippen molar-refractivity contribution in [2.24, 2.45) is 4.99 Å². The minimum atomic E-state index is 0. The summed E-state index contributed by atoms with van der Waals surface area (Å²) in [5.74, 6) is 2.32. The van der Waals surface area contributed by atoms with Crippen molar-refractivity contribution in [2.75, 3.05) is 19.6 Å². The maximum atomic E-state index is 4.79. The number of guanidine groups is 1. The van der Waals surface area contributed by atoms with E-state index in [9.17, 15) is 0 Å². The van der Waals surface area contributed by atoms with Gasteiger partial charge in [0.15, 0.2) is 5.96 Å². The third kappa shape index (κ3) is 8.01. The van der Waals surface area contributed by atoms with Crippen LogP contribution >= 0.6 is 24.0 Å². The third-order valence-electron chi connectivity index (χ3n) is 5.15. The fourth-order valence-corrected chi connectivity index (χ4v) is 3.36. The van der Waals surface area contributed by atoms with Crippen LogP contribution in [0.4, 0.5) is 0 Å². The van der Waals surface area contributed by atoms with Gasteiger partial charge in [0.25, 0.3) is 0 Å². The summed E-state index contributed by atoms with van der Waals surface area (Å²) in [4.78, 5) is 9.33. The van der Waals surface area contributed by atoms with Gasteiger partial charge >= 0.3 is 0 Å². The van der Waals surface area contributed by atoms with Crippen LogP contribution in [0.3, 0.4) is 0 Å². The molecular weight excluding hydrogens is 497 g/mol. The number of aliphatic imine (C=N–C) groups is 1. The fraction of sp³-hybridized carbons (Fsp3) is 0.360. The van der Waals surface area contributed by atoms with Crippen molar-refractivity contribution in [3.05, 3.63) is 89.5 Å². The van der Waals surface area contributed by atoms with E-state index in [1.807, 2.05) is 18.5 Å². The SMILES string of the molecule is CCNC(=NCC(C)c1ccc(C)cc1)NCCc1nccn1Cc1ccccc1.I. The number of rotatable bonds is 9.